The van der Waals surface area contributed by atoms with Gasteiger partial charge in [0.25, 0.3) is 0 Å². The molecule has 0 aliphatic carbocycles. The maximum absolute atomic E-state index is 10.8. The maximum Gasteiger partial charge on any atom is 0.409 e. The molecule has 20 heavy (non-hydrogen) atoms. The van der Waals surface area contributed by atoms with Crippen LogP contribution in [0.3, 0.4) is 0 Å². The van der Waals surface area contributed by atoms with E-state index in [0.717, 1.165) is 24.2 Å². The summed E-state index contributed by atoms with van der Waals surface area (Å²) in [6, 6.07) is 9.13. The molecule has 0 fully saturated rings. The molecule has 0 aliphatic heterocycles. The van der Waals surface area contributed by atoms with Crippen molar-refractivity contribution in [2.45, 2.75) is 26.7 Å². The Labute approximate surface area is 117 Å². The molecular formula is C15H17N3O2. The number of aromatic nitrogens is 2. The number of amides is 1. The van der Waals surface area contributed by atoms with Crippen LogP contribution in [0.15, 0.2) is 30.3 Å². The molecule has 0 saturated heterocycles. The van der Waals surface area contributed by atoms with Crippen molar-refractivity contribution in [3.05, 3.63) is 41.7 Å². The van der Waals surface area contributed by atoms with Crippen LogP contribution in [0.5, 0.6) is 0 Å². The zero-order chi connectivity index (χ0) is 14.5. The Bertz CT molecular complexity index is 604. The maximum atomic E-state index is 10.8. The SMILES string of the molecule is CCc1cc(CC)nc(-c2ccccc2NC(=O)O)n1. The lowest BCUT2D eigenvalue weighted by atomic mass is 10.1. The Kier molecular flexibility index (Phi) is 4.30. The van der Waals surface area contributed by atoms with Gasteiger partial charge in [-0.3, -0.25) is 5.32 Å². The summed E-state index contributed by atoms with van der Waals surface area (Å²) in [5, 5.41) is 11.3. The average Bonchev–Trinajstić information content (AvgIpc) is 2.46. The third kappa shape index (κ3) is 3.12. The van der Waals surface area contributed by atoms with Gasteiger partial charge in [0.05, 0.1) is 5.69 Å². The van der Waals surface area contributed by atoms with Crippen molar-refractivity contribution in [2.75, 3.05) is 5.32 Å². The van der Waals surface area contributed by atoms with Crippen molar-refractivity contribution in [1.29, 1.82) is 0 Å². The lowest BCUT2D eigenvalue weighted by molar-refractivity contribution is 0.210. The van der Waals surface area contributed by atoms with E-state index in [2.05, 4.69) is 15.3 Å². The first-order valence-corrected chi connectivity index (χ1v) is 6.60. The number of carboxylic acid groups (broad SMARTS) is 1. The van der Waals surface area contributed by atoms with Crippen molar-refractivity contribution in [3.63, 3.8) is 0 Å². The van der Waals surface area contributed by atoms with E-state index in [1.807, 2.05) is 32.0 Å². The molecule has 2 N–H and O–H groups in total. The van der Waals surface area contributed by atoms with Crippen molar-refractivity contribution >= 4 is 11.8 Å². The van der Waals surface area contributed by atoms with Crippen LogP contribution in [0.1, 0.15) is 25.2 Å². The highest BCUT2D eigenvalue weighted by molar-refractivity contribution is 5.89. The molecule has 0 radical (unpaired) electrons. The molecule has 1 heterocycles. The minimum Gasteiger partial charge on any atom is -0.465 e. The average molecular weight is 271 g/mol. The zero-order valence-electron chi connectivity index (χ0n) is 11.6. The minimum atomic E-state index is -1.10. The number of aryl methyl sites for hydroxylation is 2. The number of benzene rings is 1. The summed E-state index contributed by atoms with van der Waals surface area (Å²) in [6.45, 7) is 4.07. The number of rotatable bonds is 4. The molecular weight excluding hydrogens is 254 g/mol. The summed E-state index contributed by atoms with van der Waals surface area (Å²) < 4.78 is 0. The second kappa shape index (κ2) is 6.14. The molecule has 2 rings (SSSR count). The quantitative estimate of drug-likeness (QED) is 0.894. The van der Waals surface area contributed by atoms with Gasteiger partial charge in [0, 0.05) is 17.0 Å². The van der Waals surface area contributed by atoms with E-state index in [9.17, 15) is 4.79 Å². The van der Waals surface area contributed by atoms with Crippen LogP contribution in [0, 0.1) is 0 Å². The molecule has 104 valence electrons. The molecule has 0 atom stereocenters. The van der Waals surface area contributed by atoms with Gasteiger partial charge in [-0.25, -0.2) is 14.8 Å². The molecule has 1 amide bonds. The fourth-order valence-electron chi connectivity index (χ4n) is 1.94. The molecule has 0 spiro atoms. The molecule has 1 aromatic heterocycles. The van der Waals surface area contributed by atoms with Crippen LogP contribution in [0.2, 0.25) is 0 Å². The first-order chi connectivity index (χ1) is 9.63. The van der Waals surface area contributed by atoms with Crippen molar-refractivity contribution in [3.8, 4) is 11.4 Å². The van der Waals surface area contributed by atoms with E-state index in [0.29, 0.717) is 17.1 Å². The lowest BCUT2D eigenvalue weighted by Gasteiger charge is -2.10. The van der Waals surface area contributed by atoms with Gasteiger partial charge >= 0.3 is 6.09 Å². The highest BCUT2D eigenvalue weighted by Crippen LogP contribution is 2.25. The first-order valence-electron chi connectivity index (χ1n) is 6.60. The largest absolute Gasteiger partial charge is 0.465 e. The molecule has 1 aromatic carbocycles. The van der Waals surface area contributed by atoms with Crippen LogP contribution in [0.25, 0.3) is 11.4 Å². The molecule has 2 aromatic rings. The fourth-order valence-corrected chi connectivity index (χ4v) is 1.94. The topological polar surface area (TPSA) is 75.1 Å². The third-order valence-electron chi connectivity index (χ3n) is 2.97. The predicted octanol–water partition coefficient (Wildman–Crippen LogP) is 3.36. The normalized spacial score (nSPS) is 10.3. The summed E-state index contributed by atoms with van der Waals surface area (Å²) in [4.78, 5) is 19.8. The monoisotopic (exact) mass is 271 g/mol. The highest BCUT2D eigenvalue weighted by Gasteiger charge is 2.11. The van der Waals surface area contributed by atoms with Crippen LogP contribution in [-0.2, 0) is 12.8 Å². The number of nitrogens with one attached hydrogen (secondary N) is 1. The van der Waals surface area contributed by atoms with E-state index in [1.54, 1.807) is 12.1 Å². The number of para-hydroxylation sites is 1. The first kappa shape index (κ1) is 14.0. The second-order valence-corrected chi connectivity index (χ2v) is 4.36. The highest BCUT2D eigenvalue weighted by atomic mass is 16.4. The number of carbonyl (C=O) groups is 1. The van der Waals surface area contributed by atoms with Crippen LogP contribution >= 0.6 is 0 Å². The number of anilines is 1. The summed E-state index contributed by atoms with van der Waals surface area (Å²) in [5.74, 6) is 0.561. The number of hydrogen-bond donors (Lipinski definition) is 2. The van der Waals surface area contributed by atoms with Crippen molar-refractivity contribution in [2.24, 2.45) is 0 Å². The minimum absolute atomic E-state index is 0.496. The van der Waals surface area contributed by atoms with Gasteiger partial charge in [0.2, 0.25) is 0 Å². The Hall–Kier alpha value is -2.43. The molecule has 0 saturated carbocycles. The van der Waals surface area contributed by atoms with Gasteiger partial charge in [-0.15, -0.1) is 0 Å². The van der Waals surface area contributed by atoms with E-state index in [1.165, 1.54) is 0 Å². The Morgan fingerprint density at radius 2 is 1.75 bits per heavy atom. The lowest BCUT2D eigenvalue weighted by Crippen LogP contribution is -2.09. The smallest absolute Gasteiger partial charge is 0.409 e. The van der Waals surface area contributed by atoms with E-state index in [-0.39, 0.29) is 0 Å². The predicted molar refractivity (Wildman–Crippen MR) is 77.9 cm³/mol. The standard InChI is InChI=1S/C15H17N3O2/c1-3-10-9-11(4-2)17-14(16-10)12-7-5-6-8-13(12)18-15(19)20/h5-9,18H,3-4H2,1-2H3,(H,19,20). The molecule has 0 bridgehead atoms. The van der Waals surface area contributed by atoms with Crippen LogP contribution in [-0.4, -0.2) is 21.2 Å². The summed E-state index contributed by atoms with van der Waals surface area (Å²) >= 11 is 0. The van der Waals surface area contributed by atoms with E-state index in [4.69, 9.17) is 5.11 Å². The van der Waals surface area contributed by atoms with Crippen molar-refractivity contribution in [1.82, 2.24) is 9.97 Å². The molecule has 0 unspecified atom stereocenters. The molecule has 5 heteroatoms. The summed E-state index contributed by atoms with van der Waals surface area (Å²) in [5.41, 5.74) is 3.10. The van der Waals surface area contributed by atoms with Crippen LogP contribution < -0.4 is 5.32 Å². The van der Waals surface area contributed by atoms with E-state index >= 15 is 0 Å². The second-order valence-electron chi connectivity index (χ2n) is 4.36. The third-order valence-corrected chi connectivity index (χ3v) is 2.97. The summed E-state index contributed by atoms with van der Waals surface area (Å²) in [7, 11) is 0. The van der Waals surface area contributed by atoms with Gasteiger partial charge in [0.1, 0.15) is 0 Å². The van der Waals surface area contributed by atoms with E-state index < -0.39 is 6.09 Å². The molecule has 5 nitrogen and oxygen atoms in total. The van der Waals surface area contributed by atoms with Gasteiger partial charge < -0.3 is 5.11 Å². The Balaban J connectivity index is 2.53. The Morgan fingerprint density at radius 3 is 2.30 bits per heavy atom. The van der Waals surface area contributed by atoms with Gasteiger partial charge in [-0.2, -0.15) is 0 Å². The fraction of sp³-hybridized carbons (Fsp3) is 0.267. The Morgan fingerprint density at radius 1 is 1.15 bits per heavy atom. The van der Waals surface area contributed by atoms with Gasteiger partial charge in [-0.1, -0.05) is 26.0 Å². The number of hydrogen-bond acceptors (Lipinski definition) is 3. The summed E-state index contributed by atoms with van der Waals surface area (Å²) in [6.07, 6.45) is 0.536. The number of nitrogens with zero attached hydrogens (tertiary/aromatic N) is 2. The molecule has 0 aliphatic rings. The van der Waals surface area contributed by atoms with Crippen molar-refractivity contribution < 1.29 is 9.90 Å². The van der Waals surface area contributed by atoms with Gasteiger partial charge in [0.15, 0.2) is 5.82 Å². The zero-order valence-corrected chi connectivity index (χ0v) is 11.6. The van der Waals surface area contributed by atoms with Gasteiger partial charge in [-0.05, 0) is 31.0 Å². The van der Waals surface area contributed by atoms with Crippen LogP contribution in [0.4, 0.5) is 10.5 Å².